The van der Waals surface area contributed by atoms with Gasteiger partial charge in [-0.3, -0.25) is 0 Å². The Morgan fingerprint density at radius 3 is 2.57 bits per heavy atom. The molecule has 0 bridgehead atoms. The number of carbonyl (C=O) groups excluding carboxylic acids is 1. The van der Waals surface area contributed by atoms with Gasteiger partial charge in [-0.15, -0.1) is 0 Å². The van der Waals surface area contributed by atoms with Crippen LogP contribution < -0.4 is 15.4 Å². The van der Waals surface area contributed by atoms with Crippen molar-refractivity contribution in [3.05, 3.63) is 60.2 Å². The molecule has 1 atom stereocenters. The van der Waals surface area contributed by atoms with Crippen molar-refractivity contribution >= 4 is 11.7 Å². The molecule has 0 aliphatic rings. The summed E-state index contributed by atoms with van der Waals surface area (Å²) in [4.78, 5) is 11.8. The van der Waals surface area contributed by atoms with E-state index in [-0.39, 0.29) is 18.7 Å². The quantitative estimate of drug-likeness (QED) is 0.736. The first-order valence-corrected chi connectivity index (χ1v) is 7.63. The van der Waals surface area contributed by atoms with E-state index in [1.807, 2.05) is 36.4 Å². The van der Waals surface area contributed by atoms with Gasteiger partial charge in [0.1, 0.15) is 5.75 Å². The number of rotatable bonds is 7. The summed E-state index contributed by atoms with van der Waals surface area (Å²) in [5.74, 6) is 0.621. The number of hydrogen-bond donors (Lipinski definition) is 3. The number of amides is 2. The van der Waals surface area contributed by atoms with Crippen molar-refractivity contribution in [1.29, 1.82) is 0 Å². The number of aliphatic hydroxyl groups is 1. The number of hydrogen-bond acceptors (Lipinski definition) is 3. The van der Waals surface area contributed by atoms with E-state index >= 15 is 0 Å². The number of carbonyl (C=O) groups is 1. The lowest BCUT2D eigenvalue weighted by molar-refractivity contribution is 0.229. The van der Waals surface area contributed by atoms with Gasteiger partial charge in [0.2, 0.25) is 0 Å². The summed E-state index contributed by atoms with van der Waals surface area (Å²) in [5, 5.41) is 14.3. The number of aliphatic hydroxyl groups excluding tert-OH is 1. The van der Waals surface area contributed by atoms with Crippen molar-refractivity contribution in [3.63, 3.8) is 0 Å². The van der Waals surface area contributed by atoms with E-state index in [2.05, 4.69) is 22.8 Å². The lowest BCUT2D eigenvalue weighted by Crippen LogP contribution is -2.38. The molecule has 0 spiro atoms. The van der Waals surface area contributed by atoms with E-state index in [9.17, 15) is 4.79 Å². The molecule has 5 nitrogen and oxygen atoms in total. The van der Waals surface area contributed by atoms with Crippen molar-refractivity contribution in [2.45, 2.75) is 19.4 Å². The van der Waals surface area contributed by atoms with Crippen LogP contribution in [0.1, 0.15) is 12.5 Å². The zero-order chi connectivity index (χ0) is 16.5. The Morgan fingerprint density at radius 1 is 1.13 bits per heavy atom. The zero-order valence-corrected chi connectivity index (χ0v) is 13.2. The Kier molecular flexibility index (Phi) is 6.44. The fourth-order valence-electron chi connectivity index (χ4n) is 2.05. The van der Waals surface area contributed by atoms with Gasteiger partial charge in [0, 0.05) is 6.42 Å². The predicted molar refractivity (Wildman–Crippen MR) is 90.8 cm³/mol. The summed E-state index contributed by atoms with van der Waals surface area (Å²) in [6, 6.07) is 16.7. The molecule has 0 heterocycles. The molecule has 0 radical (unpaired) electrons. The average Bonchev–Trinajstić information content (AvgIpc) is 2.57. The zero-order valence-electron chi connectivity index (χ0n) is 13.2. The minimum Gasteiger partial charge on any atom is -0.491 e. The van der Waals surface area contributed by atoms with Crippen LogP contribution in [0.4, 0.5) is 10.5 Å². The second-order valence-electron chi connectivity index (χ2n) is 5.26. The average molecular weight is 314 g/mol. The molecule has 23 heavy (non-hydrogen) atoms. The monoisotopic (exact) mass is 314 g/mol. The first kappa shape index (κ1) is 16.8. The molecular formula is C18H22N2O3. The van der Waals surface area contributed by atoms with Gasteiger partial charge in [0.25, 0.3) is 0 Å². The van der Waals surface area contributed by atoms with Crippen LogP contribution >= 0.6 is 0 Å². The van der Waals surface area contributed by atoms with Crippen molar-refractivity contribution in [1.82, 2.24) is 5.32 Å². The molecule has 2 amide bonds. The molecule has 0 aromatic heterocycles. The molecule has 5 heteroatoms. The summed E-state index contributed by atoms with van der Waals surface area (Å²) in [5.41, 5.74) is 1.80. The summed E-state index contributed by atoms with van der Waals surface area (Å²) >= 11 is 0. The standard InChI is InChI=1S/C18H22N2O3/c1-14(13-21)19-18(22)20-16-9-5-6-10-17(16)23-12-11-15-7-3-2-4-8-15/h2-10,14,21H,11-13H2,1H3,(H2,19,20,22). The molecule has 3 N–H and O–H groups in total. The molecule has 2 rings (SSSR count). The van der Waals surface area contributed by atoms with Crippen LogP contribution in [0.15, 0.2) is 54.6 Å². The normalized spacial score (nSPS) is 11.6. The molecule has 0 aliphatic carbocycles. The molecule has 0 fully saturated rings. The van der Waals surface area contributed by atoms with E-state index in [0.717, 1.165) is 6.42 Å². The lowest BCUT2D eigenvalue weighted by atomic mass is 10.2. The summed E-state index contributed by atoms with van der Waals surface area (Å²) in [7, 11) is 0. The Balaban J connectivity index is 1.90. The largest absolute Gasteiger partial charge is 0.491 e. The summed E-state index contributed by atoms with van der Waals surface area (Å²) in [6.45, 7) is 2.14. The maximum atomic E-state index is 11.8. The van der Waals surface area contributed by atoms with Gasteiger partial charge in [-0.1, -0.05) is 42.5 Å². The number of urea groups is 1. The highest BCUT2D eigenvalue weighted by atomic mass is 16.5. The fraction of sp³-hybridized carbons (Fsp3) is 0.278. The molecular weight excluding hydrogens is 292 g/mol. The number of para-hydroxylation sites is 2. The molecule has 122 valence electrons. The van der Waals surface area contributed by atoms with Gasteiger partial charge in [-0.25, -0.2) is 4.79 Å². The highest BCUT2D eigenvalue weighted by Crippen LogP contribution is 2.23. The van der Waals surface area contributed by atoms with E-state index in [1.54, 1.807) is 13.0 Å². The van der Waals surface area contributed by atoms with Crippen molar-refractivity contribution in [2.75, 3.05) is 18.5 Å². The van der Waals surface area contributed by atoms with Gasteiger partial charge in [0.05, 0.1) is 24.9 Å². The van der Waals surface area contributed by atoms with Gasteiger partial charge >= 0.3 is 6.03 Å². The third kappa shape index (κ3) is 5.64. The van der Waals surface area contributed by atoms with Crippen molar-refractivity contribution in [2.24, 2.45) is 0 Å². The molecule has 0 saturated heterocycles. The Bertz CT molecular complexity index is 617. The third-order valence-electron chi connectivity index (χ3n) is 3.28. The van der Waals surface area contributed by atoms with Crippen LogP contribution in [0.25, 0.3) is 0 Å². The van der Waals surface area contributed by atoms with Gasteiger partial charge in [0.15, 0.2) is 0 Å². The number of anilines is 1. The van der Waals surface area contributed by atoms with E-state index in [0.29, 0.717) is 18.0 Å². The van der Waals surface area contributed by atoms with Crippen LogP contribution in [0.5, 0.6) is 5.75 Å². The van der Waals surface area contributed by atoms with Crippen LogP contribution in [-0.2, 0) is 6.42 Å². The second kappa shape index (κ2) is 8.80. The number of nitrogens with one attached hydrogen (secondary N) is 2. The molecule has 2 aromatic carbocycles. The maximum Gasteiger partial charge on any atom is 0.319 e. The number of benzene rings is 2. The van der Waals surface area contributed by atoms with E-state index in [1.165, 1.54) is 5.56 Å². The topological polar surface area (TPSA) is 70.6 Å². The van der Waals surface area contributed by atoms with E-state index < -0.39 is 0 Å². The van der Waals surface area contributed by atoms with Gasteiger partial charge < -0.3 is 20.5 Å². The summed E-state index contributed by atoms with van der Waals surface area (Å²) in [6.07, 6.45) is 0.795. The lowest BCUT2D eigenvalue weighted by Gasteiger charge is -2.15. The highest BCUT2D eigenvalue weighted by molar-refractivity contribution is 5.91. The van der Waals surface area contributed by atoms with E-state index in [4.69, 9.17) is 9.84 Å². The second-order valence-corrected chi connectivity index (χ2v) is 5.26. The summed E-state index contributed by atoms with van der Waals surface area (Å²) < 4.78 is 5.78. The predicted octanol–water partition coefficient (Wildman–Crippen LogP) is 2.81. The molecule has 0 aliphatic heterocycles. The first-order valence-electron chi connectivity index (χ1n) is 7.63. The maximum absolute atomic E-state index is 11.8. The Morgan fingerprint density at radius 2 is 1.83 bits per heavy atom. The van der Waals surface area contributed by atoms with Gasteiger partial charge in [-0.05, 0) is 24.6 Å². The minimum atomic E-state index is -0.370. The van der Waals surface area contributed by atoms with Crippen LogP contribution in [0, 0.1) is 0 Å². The smallest absolute Gasteiger partial charge is 0.319 e. The number of ether oxygens (including phenoxy) is 1. The fourth-order valence-corrected chi connectivity index (χ4v) is 2.05. The Labute approximate surface area is 136 Å². The van der Waals surface area contributed by atoms with Crippen LogP contribution in [0.3, 0.4) is 0 Å². The molecule has 2 aromatic rings. The molecule has 0 saturated carbocycles. The van der Waals surface area contributed by atoms with Crippen molar-refractivity contribution in [3.8, 4) is 5.75 Å². The van der Waals surface area contributed by atoms with Crippen LogP contribution in [0.2, 0.25) is 0 Å². The van der Waals surface area contributed by atoms with Gasteiger partial charge in [-0.2, -0.15) is 0 Å². The Hall–Kier alpha value is -2.53. The highest BCUT2D eigenvalue weighted by Gasteiger charge is 2.09. The van der Waals surface area contributed by atoms with Crippen LogP contribution in [-0.4, -0.2) is 30.4 Å². The SMILES string of the molecule is CC(CO)NC(=O)Nc1ccccc1OCCc1ccccc1. The third-order valence-corrected chi connectivity index (χ3v) is 3.28. The minimum absolute atomic E-state index is 0.108. The van der Waals surface area contributed by atoms with Crippen molar-refractivity contribution < 1.29 is 14.6 Å². The first-order chi connectivity index (χ1) is 11.2. The molecule has 1 unspecified atom stereocenters.